The molecule has 3 rings (SSSR count). The van der Waals surface area contributed by atoms with Crippen molar-refractivity contribution in [2.24, 2.45) is 0 Å². The van der Waals surface area contributed by atoms with Gasteiger partial charge in [-0.15, -0.1) is 0 Å². The van der Waals surface area contributed by atoms with Crippen molar-refractivity contribution >= 4 is 16.9 Å². The highest BCUT2D eigenvalue weighted by atomic mass is 16.4. The van der Waals surface area contributed by atoms with Gasteiger partial charge in [-0.05, 0) is 69.6 Å². The smallest absolute Gasteiger partial charge is 0.335 e. The minimum atomic E-state index is -0.935. The number of hydrogen-bond donors (Lipinski definition) is 1. The van der Waals surface area contributed by atoms with Gasteiger partial charge in [0.1, 0.15) is 0 Å². The van der Waals surface area contributed by atoms with Gasteiger partial charge in [0.15, 0.2) is 0 Å². The Morgan fingerprint density at radius 1 is 1.26 bits per heavy atom. The van der Waals surface area contributed by atoms with Crippen LogP contribution in [0.25, 0.3) is 10.9 Å². The third kappa shape index (κ3) is 2.88. The molecule has 1 saturated heterocycles. The predicted octanol–water partition coefficient (Wildman–Crippen LogP) is 2.53. The van der Waals surface area contributed by atoms with Crippen molar-refractivity contribution in [3.8, 4) is 0 Å². The van der Waals surface area contributed by atoms with Crippen molar-refractivity contribution in [3.63, 3.8) is 0 Å². The Kier molecular flexibility index (Phi) is 4.22. The zero-order valence-electron chi connectivity index (χ0n) is 13.6. The summed E-state index contributed by atoms with van der Waals surface area (Å²) in [5.74, 6) is -0.618. The van der Waals surface area contributed by atoms with Crippen LogP contribution in [-0.2, 0) is 6.54 Å². The second kappa shape index (κ2) is 6.16. The van der Waals surface area contributed by atoms with Crippen molar-refractivity contribution in [2.45, 2.75) is 32.2 Å². The molecule has 0 amide bonds. The van der Waals surface area contributed by atoms with Gasteiger partial charge in [-0.3, -0.25) is 4.79 Å². The second-order valence-electron chi connectivity index (χ2n) is 6.30. The number of likely N-dealkylation sites (tertiary alicyclic amines) is 1. The lowest BCUT2D eigenvalue weighted by atomic mass is 9.87. The summed E-state index contributed by atoms with van der Waals surface area (Å²) in [6, 6.07) is 6.78. The van der Waals surface area contributed by atoms with Gasteiger partial charge in [0.2, 0.25) is 0 Å². The maximum atomic E-state index is 12.4. The number of pyridine rings is 1. The van der Waals surface area contributed by atoms with Crippen LogP contribution in [0.3, 0.4) is 0 Å². The molecular weight excluding hydrogens is 292 g/mol. The van der Waals surface area contributed by atoms with Crippen molar-refractivity contribution in [1.29, 1.82) is 0 Å². The summed E-state index contributed by atoms with van der Waals surface area (Å²) < 4.78 is 1.71. The molecule has 1 N–H and O–H groups in total. The van der Waals surface area contributed by atoms with E-state index in [0.717, 1.165) is 42.4 Å². The number of aryl methyl sites for hydroxylation is 1. The third-order valence-electron chi connectivity index (χ3n) is 4.86. The van der Waals surface area contributed by atoms with E-state index in [-0.39, 0.29) is 11.1 Å². The standard InChI is InChI=1S/C18H22N2O3/c1-3-20-16-5-4-13(18(22)23)10-15(16)14(11-17(20)21)12-6-8-19(2)9-7-12/h4-5,10-12H,3,6-9H2,1-2H3,(H,22,23). The first-order chi connectivity index (χ1) is 11.0. The Balaban J connectivity index is 2.21. The van der Waals surface area contributed by atoms with E-state index < -0.39 is 5.97 Å². The largest absolute Gasteiger partial charge is 0.478 e. The van der Waals surface area contributed by atoms with Gasteiger partial charge >= 0.3 is 5.97 Å². The van der Waals surface area contributed by atoms with Gasteiger partial charge in [-0.25, -0.2) is 4.79 Å². The predicted molar refractivity (Wildman–Crippen MR) is 90.3 cm³/mol. The monoisotopic (exact) mass is 314 g/mol. The van der Waals surface area contributed by atoms with E-state index in [4.69, 9.17) is 0 Å². The van der Waals surface area contributed by atoms with Crippen molar-refractivity contribution in [3.05, 3.63) is 45.7 Å². The average molecular weight is 314 g/mol. The molecule has 5 nitrogen and oxygen atoms in total. The number of hydrogen-bond acceptors (Lipinski definition) is 3. The van der Waals surface area contributed by atoms with Crippen molar-refractivity contribution < 1.29 is 9.90 Å². The first-order valence-corrected chi connectivity index (χ1v) is 8.10. The van der Waals surface area contributed by atoms with Crippen LogP contribution in [0.4, 0.5) is 0 Å². The maximum absolute atomic E-state index is 12.4. The zero-order chi connectivity index (χ0) is 16.6. The number of benzene rings is 1. The van der Waals surface area contributed by atoms with E-state index in [1.54, 1.807) is 28.8 Å². The quantitative estimate of drug-likeness (QED) is 0.945. The van der Waals surface area contributed by atoms with E-state index in [1.165, 1.54) is 0 Å². The van der Waals surface area contributed by atoms with E-state index in [0.29, 0.717) is 12.5 Å². The molecule has 2 heterocycles. The summed E-state index contributed by atoms with van der Waals surface area (Å²) in [5, 5.41) is 10.2. The summed E-state index contributed by atoms with van der Waals surface area (Å²) in [5.41, 5.74) is 2.11. The fraction of sp³-hybridized carbons (Fsp3) is 0.444. The van der Waals surface area contributed by atoms with Crippen LogP contribution >= 0.6 is 0 Å². The number of carboxylic acids is 1. The highest BCUT2D eigenvalue weighted by Crippen LogP contribution is 2.32. The average Bonchev–Trinajstić information content (AvgIpc) is 2.54. The van der Waals surface area contributed by atoms with Crippen LogP contribution in [0.1, 0.15) is 41.6 Å². The van der Waals surface area contributed by atoms with E-state index in [1.807, 2.05) is 6.92 Å². The van der Waals surface area contributed by atoms with Gasteiger partial charge in [-0.2, -0.15) is 0 Å². The molecule has 0 aliphatic carbocycles. The number of aromatic nitrogens is 1. The molecule has 1 aromatic heterocycles. The molecule has 122 valence electrons. The van der Waals surface area contributed by atoms with Crippen LogP contribution in [0.5, 0.6) is 0 Å². The fourth-order valence-electron chi connectivity index (χ4n) is 3.53. The lowest BCUT2D eigenvalue weighted by Crippen LogP contribution is -2.30. The van der Waals surface area contributed by atoms with Gasteiger partial charge in [0.05, 0.1) is 11.1 Å². The summed E-state index contributed by atoms with van der Waals surface area (Å²) in [7, 11) is 2.10. The zero-order valence-corrected chi connectivity index (χ0v) is 13.6. The van der Waals surface area contributed by atoms with E-state index in [9.17, 15) is 14.7 Å². The fourth-order valence-corrected chi connectivity index (χ4v) is 3.53. The van der Waals surface area contributed by atoms with Crippen LogP contribution in [0.2, 0.25) is 0 Å². The lowest BCUT2D eigenvalue weighted by molar-refractivity contribution is 0.0697. The summed E-state index contributed by atoms with van der Waals surface area (Å²) in [4.78, 5) is 26.1. The van der Waals surface area contributed by atoms with Gasteiger partial charge < -0.3 is 14.6 Å². The summed E-state index contributed by atoms with van der Waals surface area (Å²) in [6.45, 7) is 4.51. The Labute approximate surface area is 135 Å². The Bertz CT molecular complexity index is 802. The molecule has 1 aliphatic heterocycles. The normalized spacial score (nSPS) is 16.8. The molecule has 1 aliphatic rings. The first-order valence-electron chi connectivity index (χ1n) is 8.10. The van der Waals surface area contributed by atoms with Gasteiger partial charge in [0, 0.05) is 18.0 Å². The van der Waals surface area contributed by atoms with Crippen molar-refractivity contribution in [2.75, 3.05) is 20.1 Å². The number of aromatic carboxylic acids is 1. The van der Waals surface area contributed by atoms with Gasteiger partial charge in [0.25, 0.3) is 5.56 Å². The molecule has 0 bridgehead atoms. The minimum Gasteiger partial charge on any atom is -0.478 e. The second-order valence-corrected chi connectivity index (χ2v) is 6.30. The molecular formula is C18H22N2O3. The number of piperidine rings is 1. The summed E-state index contributed by atoms with van der Waals surface area (Å²) in [6.07, 6.45) is 2.00. The van der Waals surface area contributed by atoms with Crippen LogP contribution < -0.4 is 5.56 Å². The first kappa shape index (κ1) is 15.7. The van der Waals surface area contributed by atoms with Crippen LogP contribution in [-0.4, -0.2) is 40.7 Å². The number of rotatable bonds is 3. The van der Waals surface area contributed by atoms with E-state index in [2.05, 4.69) is 11.9 Å². The molecule has 0 radical (unpaired) electrons. The number of nitrogens with zero attached hydrogens (tertiary/aromatic N) is 2. The molecule has 1 fully saturated rings. The lowest BCUT2D eigenvalue weighted by Gasteiger charge is -2.30. The molecule has 23 heavy (non-hydrogen) atoms. The van der Waals surface area contributed by atoms with Crippen molar-refractivity contribution in [1.82, 2.24) is 9.47 Å². The Morgan fingerprint density at radius 3 is 2.57 bits per heavy atom. The number of carboxylic acid groups (broad SMARTS) is 1. The molecule has 2 aromatic rings. The Hall–Kier alpha value is -2.14. The highest BCUT2D eigenvalue weighted by Gasteiger charge is 2.22. The molecule has 0 spiro atoms. The summed E-state index contributed by atoms with van der Waals surface area (Å²) >= 11 is 0. The SMILES string of the molecule is CCn1c(=O)cc(C2CCN(C)CC2)c2cc(C(=O)O)ccc21. The molecule has 0 unspecified atom stereocenters. The van der Waals surface area contributed by atoms with E-state index >= 15 is 0 Å². The topological polar surface area (TPSA) is 62.5 Å². The Morgan fingerprint density at radius 2 is 1.96 bits per heavy atom. The molecule has 5 heteroatoms. The van der Waals surface area contributed by atoms with Gasteiger partial charge in [-0.1, -0.05) is 0 Å². The maximum Gasteiger partial charge on any atom is 0.335 e. The number of carbonyl (C=O) groups is 1. The van der Waals surface area contributed by atoms with Crippen LogP contribution in [0.15, 0.2) is 29.1 Å². The number of fused-ring (bicyclic) bond motifs is 1. The molecule has 0 saturated carbocycles. The highest BCUT2D eigenvalue weighted by molar-refractivity contribution is 5.94. The minimum absolute atomic E-state index is 0.00277. The molecule has 0 atom stereocenters. The third-order valence-corrected chi connectivity index (χ3v) is 4.86. The molecule has 1 aromatic carbocycles. The van der Waals surface area contributed by atoms with Crippen LogP contribution in [0, 0.1) is 0 Å².